The first-order valence-electron chi connectivity index (χ1n) is 6.50. The van der Waals surface area contributed by atoms with Crippen LogP contribution in [0.4, 0.5) is 4.79 Å². The number of halogens is 2. The molecule has 0 aromatic rings. The highest BCUT2D eigenvalue weighted by molar-refractivity contribution is 6.32. The molecule has 21 heavy (non-hydrogen) atoms. The van der Waals surface area contributed by atoms with E-state index in [0.717, 1.165) is 4.90 Å². The van der Waals surface area contributed by atoms with Gasteiger partial charge in [-0.3, -0.25) is 4.79 Å². The largest absolute Gasteiger partial charge is 0.428 e. The number of imide groups is 1. The molecule has 6 heteroatoms. The molecule has 1 fully saturated rings. The van der Waals surface area contributed by atoms with E-state index in [1.807, 2.05) is 13.8 Å². The van der Waals surface area contributed by atoms with Gasteiger partial charge in [0.2, 0.25) is 5.60 Å². The summed E-state index contributed by atoms with van der Waals surface area (Å²) in [4.78, 5) is 25.0. The molecule has 114 valence electrons. The minimum atomic E-state index is -1.36. The Hall–Kier alpha value is -1.52. The van der Waals surface area contributed by atoms with Crippen LogP contribution in [-0.4, -0.2) is 27.9 Å². The van der Waals surface area contributed by atoms with E-state index in [1.54, 1.807) is 18.2 Å². The topological polar surface area (TPSA) is 46.6 Å². The number of hydrogen-bond donors (Lipinski definition) is 0. The van der Waals surface area contributed by atoms with Crippen molar-refractivity contribution in [2.75, 3.05) is 0 Å². The SMILES string of the molecule is C=CC1(C)OC(=O)N(C2=CC(Cl)C=CC(Cl)=C2)C1=O.CC. The highest BCUT2D eigenvalue weighted by Gasteiger charge is 2.49. The van der Waals surface area contributed by atoms with Crippen molar-refractivity contribution in [3.63, 3.8) is 0 Å². The summed E-state index contributed by atoms with van der Waals surface area (Å²) in [5.74, 6) is -0.523. The number of alkyl halides is 1. The fourth-order valence-corrected chi connectivity index (χ4v) is 2.09. The van der Waals surface area contributed by atoms with Crippen LogP contribution >= 0.6 is 23.2 Å². The quantitative estimate of drug-likeness (QED) is 0.565. The third-order valence-electron chi connectivity index (χ3n) is 2.81. The van der Waals surface area contributed by atoms with E-state index >= 15 is 0 Å². The smallest absolute Gasteiger partial charge is 0.422 e. The van der Waals surface area contributed by atoms with Crippen LogP contribution in [-0.2, 0) is 9.53 Å². The summed E-state index contributed by atoms with van der Waals surface area (Å²) >= 11 is 11.9. The van der Waals surface area contributed by atoms with Gasteiger partial charge in [-0.1, -0.05) is 38.1 Å². The summed E-state index contributed by atoms with van der Waals surface area (Å²) in [5.41, 5.74) is -1.07. The van der Waals surface area contributed by atoms with E-state index in [9.17, 15) is 9.59 Å². The Morgan fingerprint density at radius 3 is 2.57 bits per heavy atom. The molecule has 1 heterocycles. The van der Waals surface area contributed by atoms with Crippen molar-refractivity contribution in [1.82, 2.24) is 4.90 Å². The van der Waals surface area contributed by atoms with Gasteiger partial charge in [-0.05, 0) is 31.2 Å². The summed E-state index contributed by atoms with van der Waals surface area (Å²) in [6.07, 6.45) is 6.78. The number of hydrogen-bond acceptors (Lipinski definition) is 3. The molecule has 0 aromatic heterocycles. The van der Waals surface area contributed by atoms with Crippen LogP contribution in [0.2, 0.25) is 0 Å². The van der Waals surface area contributed by atoms with Crippen LogP contribution in [0.25, 0.3) is 0 Å². The van der Waals surface area contributed by atoms with Crippen LogP contribution in [0.3, 0.4) is 0 Å². The maximum absolute atomic E-state index is 12.2. The Morgan fingerprint density at radius 1 is 1.43 bits per heavy atom. The summed E-state index contributed by atoms with van der Waals surface area (Å²) in [6.45, 7) is 8.97. The predicted octanol–water partition coefficient (Wildman–Crippen LogP) is 4.12. The number of amides is 2. The molecule has 2 atom stereocenters. The van der Waals surface area contributed by atoms with E-state index in [-0.39, 0.29) is 5.70 Å². The molecule has 2 rings (SSSR count). The van der Waals surface area contributed by atoms with Crippen LogP contribution in [0.1, 0.15) is 20.8 Å². The molecule has 2 aliphatic rings. The Morgan fingerprint density at radius 2 is 2.05 bits per heavy atom. The lowest BCUT2D eigenvalue weighted by molar-refractivity contribution is -0.131. The van der Waals surface area contributed by atoms with Gasteiger partial charge < -0.3 is 4.74 Å². The first-order chi connectivity index (χ1) is 9.87. The fourth-order valence-electron chi connectivity index (χ4n) is 1.71. The summed E-state index contributed by atoms with van der Waals surface area (Å²) in [6, 6.07) is 0. The average molecular weight is 330 g/mol. The van der Waals surface area contributed by atoms with Gasteiger partial charge in [-0.15, -0.1) is 11.6 Å². The number of ether oxygens (including phenoxy) is 1. The van der Waals surface area contributed by atoms with Crippen LogP contribution in [0.15, 0.2) is 47.7 Å². The fraction of sp³-hybridized carbons (Fsp3) is 0.333. The zero-order valence-corrected chi connectivity index (χ0v) is 13.6. The standard InChI is InChI=1S/C13H11Cl2NO3.C2H6/c1-3-13(2)11(17)16(12(18)19-13)10-6-8(14)4-5-9(15)7-10;1-2/h3-8H,1H2,2H3;1-2H3. The molecule has 0 saturated carbocycles. The molecule has 0 N–H and O–H groups in total. The third-order valence-corrected chi connectivity index (χ3v) is 3.32. The van der Waals surface area contributed by atoms with Gasteiger partial charge >= 0.3 is 6.09 Å². The lowest BCUT2D eigenvalue weighted by Gasteiger charge is -2.15. The number of carbonyl (C=O) groups is 2. The van der Waals surface area contributed by atoms with Gasteiger partial charge in [-0.25, -0.2) is 9.69 Å². The minimum absolute atomic E-state index is 0.288. The summed E-state index contributed by atoms with van der Waals surface area (Å²) in [7, 11) is 0. The van der Waals surface area contributed by atoms with Crippen molar-refractivity contribution >= 4 is 35.2 Å². The molecule has 0 aromatic carbocycles. The zero-order valence-electron chi connectivity index (χ0n) is 12.1. The van der Waals surface area contributed by atoms with Gasteiger partial charge in [0.15, 0.2) is 0 Å². The van der Waals surface area contributed by atoms with Crippen molar-refractivity contribution < 1.29 is 14.3 Å². The van der Waals surface area contributed by atoms with Crippen LogP contribution in [0.5, 0.6) is 0 Å². The molecule has 4 nitrogen and oxygen atoms in total. The molecule has 0 spiro atoms. The normalized spacial score (nSPS) is 28.0. The number of nitrogens with zero attached hydrogens (tertiary/aromatic N) is 1. The Labute approximate surface area is 134 Å². The lowest BCUT2D eigenvalue weighted by Crippen LogP contribution is -2.36. The van der Waals surface area contributed by atoms with Crippen molar-refractivity contribution in [3.05, 3.63) is 47.7 Å². The lowest BCUT2D eigenvalue weighted by atomic mass is 10.1. The number of allylic oxidation sites excluding steroid dienone is 5. The van der Waals surface area contributed by atoms with E-state index in [1.165, 1.54) is 19.1 Å². The van der Waals surface area contributed by atoms with Gasteiger partial charge in [0, 0.05) is 5.03 Å². The highest BCUT2D eigenvalue weighted by atomic mass is 35.5. The number of cyclic esters (lactones) is 1. The van der Waals surface area contributed by atoms with Gasteiger partial charge in [0.1, 0.15) is 0 Å². The Bertz CT molecular complexity index is 551. The van der Waals surface area contributed by atoms with E-state index in [2.05, 4.69) is 6.58 Å². The predicted molar refractivity (Wildman–Crippen MR) is 84.1 cm³/mol. The molecule has 1 aliphatic carbocycles. The van der Waals surface area contributed by atoms with Gasteiger partial charge in [0.25, 0.3) is 5.91 Å². The summed E-state index contributed by atoms with van der Waals surface area (Å²) in [5, 5.41) is -0.110. The Kier molecular flexibility index (Phi) is 5.81. The van der Waals surface area contributed by atoms with Crippen LogP contribution in [0, 0.1) is 0 Å². The first-order valence-corrected chi connectivity index (χ1v) is 7.31. The molecule has 1 saturated heterocycles. The van der Waals surface area contributed by atoms with E-state index in [4.69, 9.17) is 27.9 Å². The zero-order chi connectivity index (χ0) is 16.2. The van der Waals surface area contributed by atoms with E-state index < -0.39 is 23.0 Å². The van der Waals surface area contributed by atoms with Crippen molar-refractivity contribution in [2.24, 2.45) is 0 Å². The molecular formula is C15H17Cl2NO3. The second-order valence-electron chi connectivity index (χ2n) is 4.24. The minimum Gasteiger partial charge on any atom is -0.428 e. The number of rotatable bonds is 2. The molecular weight excluding hydrogens is 313 g/mol. The first kappa shape index (κ1) is 17.5. The van der Waals surface area contributed by atoms with Crippen LogP contribution < -0.4 is 0 Å². The van der Waals surface area contributed by atoms with Gasteiger partial charge in [-0.2, -0.15) is 0 Å². The van der Waals surface area contributed by atoms with Crippen molar-refractivity contribution in [1.29, 1.82) is 0 Å². The third kappa shape index (κ3) is 3.57. The highest BCUT2D eigenvalue weighted by Crippen LogP contribution is 2.31. The maximum atomic E-state index is 12.2. The number of carbonyl (C=O) groups excluding carboxylic acids is 2. The average Bonchev–Trinajstić information content (AvgIpc) is 2.58. The second kappa shape index (κ2) is 6.96. The summed E-state index contributed by atoms with van der Waals surface area (Å²) < 4.78 is 5.03. The van der Waals surface area contributed by atoms with E-state index in [0.29, 0.717) is 5.03 Å². The Balaban J connectivity index is 0.00000106. The second-order valence-corrected chi connectivity index (χ2v) is 5.18. The molecule has 2 unspecified atom stereocenters. The molecule has 2 amide bonds. The molecule has 1 aliphatic heterocycles. The monoisotopic (exact) mass is 329 g/mol. The van der Waals surface area contributed by atoms with Crippen molar-refractivity contribution in [3.8, 4) is 0 Å². The maximum Gasteiger partial charge on any atom is 0.422 e. The van der Waals surface area contributed by atoms with Gasteiger partial charge in [0.05, 0.1) is 11.1 Å². The molecule has 0 radical (unpaired) electrons. The van der Waals surface area contributed by atoms with Crippen molar-refractivity contribution in [2.45, 2.75) is 31.7 Å². The molecule has 0 bridgehead atoms.